The van der Waals surface area contributed by atoms with E-state index in [9.17, 15) is 0 Å². The summed E-state index contributed by atoms with van der Waals surface area (Å²) >= 11 is 1.87. The third-order valence-corrected chi connectivity index (χ3v) is 3.10. The third kappa shape index (κ3) is 3.85. The van der Waals surface area contributed by atoms with Gasteiger partial charge in [0.1, 0.15) is 0 Å². The third-order valence-electron chi connectivity index (χ3n) is 2.00. The average Bonchev–Trinajstić information content (AvgIpc) is 2.25. The van der Waals surface area contributed by atoms with Crippen LogP contribution in [-0.2, 0) is 0 Å². The Balaban J connectivity index is 2.33. The smallest absolute Gasteiger partial charge is 0.0991 e. The Morgan fingerprint density at radius 3 is 2.50 bits per heavy atom. The largest absolute Gasteiger partial charge is 0.192 e. The number of rotatable bonds is 5. The van der Waals surface area contributed by atoms with Crippen molar-refractivity contribution in [2.75, 3.05) is 5.75 Å². The molecule has 2 heteroatoms. The molecule has 1 aromatic rings. The van der Waals surface area contributed by atoms with Gasteiger partial charge in [-0.25, -0.2) is 0 Å². The van der Waals surface area contributed by atoms with Crippen LogP contribution in [-0.4, -0.2) is 5.75 Å². The van der Waals surface area contributed by atoms with Gasteiger partial charge in [0.05, 0.1) is 11.6 Å². The highest BCUT2D eigenvalue weighted by molar-refractivity contribution is 7.99. The van der Waals surface area contributed by atoms with Crippen molar-refractivity contribution in [2.24, 2.45) is 0 Å². The Labute approximate surface area is 90.1 Å². The normalized spacial score (nSPS) is 9.71. The molecule has 0 unspecified atom stereocenters. The molecule has 74 valence electrons. The molecule has 0 spiro atoms. The number of hydrogen-bond acceptors (Lipinski definition) is 2. The molecule has 1 aromatic carbocycles. The van der Waals surface area contributed by atoms with Gasteiger partial charge in [0.15, 0.2) is 0 Å². The van der Waals surface area contributed by atoms with Gasteiger partial charge in [-0.05, 0) is 36.4 Å². The lowest BCUT2D eigenvalue weighted by Crippen LogP contribution is -1.80. The highest BCUT2D eigenvalue weighted by Gasteiger charge is 1.94. The van der Waals surface area contributed by atoms with E-state index in [1.807, 2.05) is 36.0 Å². The summed E-state index contributed by atoms with van der Waals surface area (Å²) in [5.41, 5.74) is 0.739. The monoisotopic (exact) mass is 205 g/mol. The second-order valence-corrected chi connectivity index (χ2v) is 4.36. The van der Waals surface area contributed by atoms with Gasteiger partial charge in [0, 0.05) is 4.90 Å². The first-order valence-corrected chi connectivity index (χ1v) is 5.98. The van der Waals surface area contributed by atoms with E-state index in [0.717, 1.165) is 5.56 Å². The van der Waals surface area contributed by atoms with E-state index < -0.39 is 0 Å². The molecule has 0 aromatic heterocycles. The van der Waals surface area contributed by atoms with E-state index in [0.29, 0.717) is 0 Å². The molecule has 0 bridgehead atoms. The summed E-state index contributed by atoms with van der Waals surface area (Å²) in [4.78, 5) is 1.26. The molecule has 0 N–H and O–H groups in total. The van der Waals surface area contributed by atoms with Gasteiger partial charge in [0.25, 0.3) is 0 Å². The van der Waals surface area contributed by atoms with Crippen molar-refractivity contribution in [3.8, 4) is 6.07 Å². The van der Waals surface area contributed by atoms with Crippen molar-refractivity contribution in [1.29, 1.82) is 5.26 Å². The summed E-state index contributed by atoms with van der Waals surface area (Å²) in [5, 5.41) is 8.62. The molecular weight excluding hydrogens is 190 g/mol. The Hall–Kier alpha value is -0.940. The van der Waals surface area contributed by atoms with Crippen molar-refractivity contribution < 1.29 is 0 Å². The van der Waals surface area contributed by atoms with E-state index in [1.165, 1.54) is 29.9 Å². The minimum Gasteiger partial charge on any atom is -0.192 e. The van der Waals surface area contributed by atoms with Crippen LogP contribution in [0.4, 0.5) is 0 Å². The summed E-state index contributed by atoms with van der Waals surface area (Å²) in [6.45, 7) is 2.21. The minimum absolute atomic E-state index is 0.739. The Morgan fingerprint density at radius 1 is 1.21 bits per heavy atom. The maximum atomic E-state index is 8.62. The first-order chi connectivity index (χ1) is 6.86. The van der Waals surface area contributed by atoms with Gasteiger partial charge >= 0.3 is 0 Å². The highest BCUT2D eigenvalue weighted by Crippen LogP contribution is 2.19. The molecule has 0 fully saturated rings. The Bertz CT molecular complexity index is 297. The van der Waals surface area contributed by atoms with Crippen LogP contribution in [0.3, 0.4) is 0 Å². The molecule has 0 saturated heterocycles. The SMILES string of the molecule is CCCCCSc1ccc(C#N)cc1. The van der Waals surface area contributed by atoms with Crippen LogP contribution < -0.4 is 0 Å². The summed E-state index contributed by atoms with van der Waals surface area (Å²) in [6.07, 6.45) is 3.86. The molecule has 0 aliphatic rings. The summed E-state index contributed by atoms with van der Waals surface area (Å²) in [7, 11) is 0. The second kappa shape index (κ2) is 6.50. The fourth-order valence-electron chi connectivity index (χ4n) is 1.17. The Kier molecular flexibility index (Phi) is 5.17. The molecule has 0 aliphatic heterocycles. The molecular formula is C12H15NS. The van der Waals surface area contributed by atoms with Gasteiger partial charge in [-0.2, -0.15) is 5.26 Å². The predicted molar refractivity (Wildman–Crippen MR) is 61.4 cm³/mol. The number of nitriles is 1. The average molecular weight is 205 g/mol. The van der Waals surface area contributed by atoms with Gasteiger partial charge in [-0.1, -0.05) is 19.8 Å². The molecule has 1 rings (SSSR count). The minimum atomic E-state index is 0.739. The quantitative estimate of drug-likeness (QED) is 0.538. The molecule has 0 amide bonds. The molecule has 0 heterocycles. The van der Waals surface area contributed by atoms with Crippen molar-refractivity contribution >= 4 is 11.8 Å². The van der Waals surface area contributed by atoms with Crippen molar-refractivity contribution in [2.45, 2.75) is 31.1 Å². The van der Waals surface area contributed by atoms with Crippen molar-refractivity contribution in [3.05, 3.63) is 29.8 Å². The van der Waals surface area contributed by atoms with Gasteiger partial charge < -0.3 is 0 Å². The number of hydrogen-bond donors (Lipinski definition) is 0. The molecule has 14 heavy (non-hydrogen) atoms. The fraction of sp³-hybridized carbons (Fsp3) is 0.417. The molecule has 0 atom stereocenters. The van der Waals surface area contributed by atoms with Crippen LogP contribution in [0, 0.1) is 11.3 Å². The van der Waals surface area contributed by atoms with Crippen molar-refractivity contribution in [1.82, 2.24) is 0 Å². The first-order valence-electron chi connectivity index (χ1n) is 4.99. The van der Waals surface area contributed by atoms with Crippen LogP contribution in [0.25, 0.3) is 0 Å². The number of thioether (sulfide) groups is 1. The second-order valence-electron chi connectivity index (χ2n) is 3.19. The Morgan fingerprint density at radius 2 is 1.93 bits per heavy atom. The van der Waals surface area contributed by atoms with Crippen LogP contribution in [0.2, 0.25) is 0 Å². The van der Waals surface area contributed by atoms with Gasteiger partial charge in [-0.15, -0.1) is 11.8 Å². The van der Waals surface area contributed by atoms with Crippen LogP contribution in [0.15, 0.2) is 29.2 Å². The maximum Gasteiger partial charge on any atom is 0.0991 e. The summed E-state index contributed by atoms with van der Waals surface area (Å²) < 4.78 is 0. The van der Waals surface area contributed by atoms with Crippen LogP contribution in [0.5, 0.6) is 0 Å². The van der Waals surface area contributed by atoms with Crippen LogP contribution >= 0.6 is 11.8 Å². The lowest BCUT2D eigenvalue weighted by Gasteiger charge is -2.00. The maximum absolute atomic E-state index is 8.62. The lowest BCUT2D eigenvalue weighted by atomic mass is 10.2. The number of unbranched alkanes of at least 4 members (excludes halogenated alkanes) is 2. The zero-order valence-electron chi connectivity index (χ0n) is 8.49. The van der Waals surface area contributed by atoms with Gasteiger partial charge in [-0.3, -0.25) is 0 Å². The lowest BCUT2D eigenvalue weighted by molar-refractivity contribution is 0.778. The first kappa shape index (κ1) is 11.1. The van der Waals surface area contributed by atoms with E-state index >= 15 is 0 Å². The van der Waals surface area contributed by atoms with E-state index in [4.69, 9.17) is 5.26 Å². The van der Waals surface area contributed by atoms with E-state index in [1.54, 1.807) is 0 Å². The summed E-state index contributed by atoms with van der Waals surface area (Å²) in [5.74, 6) is 1.18. The zero-order valence-corrected chi connectivity index (χ0v) is 9.31. The van der Waals surface area contributed by atoms with Crippen LogP contribution in [0.1, 0.15) is 31.7 Å². The van der Waals surface area contributed by atoms with Gasteiger partial charge in [0.2, 0.25) is 0 Å². The molecule has 0 radical (unpaired) electrons. The topological polar surface area (TPSA) is 23.8 Å². The number of benzene rings is 1. The molecule has 1 nitrogen and oxygen atoms in total. The zero-order chi connectivity index (χ0) is 10.2. The van der Waals surface area contributed by atoms with E-state index in [-0.39, 0.29) is 0 Å². The highest BCUT2D eigenvalue weighted by atomic mass is 32.2. The van der Waals surface area contributed by atoms with E-state index in [2.05, 4.69) is 13.0 Å². The fourth-order valence-corrected chi connectivity index (χ4v) is 2.08. The molecule has 0 saturated carbocycles. The standard InChI is InChI=1S/C12H15NS/c1-2-3-4-9-14-12-7-5-11(10-13)6-8-12/h5-8H,2-4,9H2,1H3. The van der Waals surface area contributed by atoms with Crippen molar-refractivity contribution in [3.63, 3.8) is 0 Å². The predicted octanol–water partition coefficient (Wildman–Crippen LogP) is 3.84. The number of nitrogens with zero attached hydrogens (tertiary/aromatic N) is 1. The summed E-state index contributed by atoms with van der Waals surface area (Å²) in [6, 6.07) is 9.92. The molecule has 0 aliphatic carbocycles.